The zero-order valence-electron chi connectivity index (χ0n) is 16.2. The molecule has 0 saturated carbocycles. The first kappa shape index (κ1) is 24.0. The fourth-order valence-electron chi connectivity index (χ4n) is 2.63. The third kappa shape index (κ3) is 6.91. The monoisotopic (exact) mass is 547 g/mol. The Morgan fingerprint density at radius 3 is 2.47 bits per heavy atom. The van der Waals surface area contributed by atoms with Gasteiger partial charge in [-0.2, -0.15) is 4.98 Å². The lowest BCUT2D eigenvalue weighted by Crippen LogP contribution is -2.39. The Hall–Kier alpha value is -2.27. The van der Waals surface area contributed by atoms with E-state index in [0.29, 0.717) is 54.2 Å². The lowest BCUT2D eigenvalue weighted by Gasteiger charge is -2.11. The Morgan fingerprint density at radius 2 is 1.77 bits per heavy atom. The highest BCUT2D eigenvalue weighted by molar-refractivity contribution is 14.0. The van der Waals surface area contributed by atoms with Crippen LogP contribution in [0.2, 0.25) is 5.02 Å². The summed E-state index contributed by atoms with van der Waals surface area (Å²) in [5.41, 5.74) is 1.13. The van der Waals surface area contributed by atoms with Crippen molar-refractivity contribution >= 4 is 41.5 Å². The summed E-state index contributed by atoms with van der Waals surface area (Å²) in [4.78, 5) is 8.45. The maximum Gasteiger partial charge on any atom is 0.228 e. The summed E-state index contributed by atoms with van der Waals surface area (Å²) < 4.78 is 32.1. The zero-order chi connectivity index (χ0) is 20.6. The summed E-state index contributed by atoms with van der Waals surface area (Å²) in [5, 5.41) is 10.8. The molecule has 0 aliphatic rings. The quantitative estimate of drug-likeness (QED) is 0.263. The Balaban J connectivity index is 0.00000320. The molecule has 0 radical (unpaired) electrons. The van der Waals surface area contributed by atoms with E-state index in [1.54, 1.807) is 19.2 Å². The maximum absolute atomic E-state index is 13.6. The van der Waals surface area contributed by atoms with Crippen LogP contribution in [-0.4, -0.2) is 36.2 Å². The molecule has 0 aliphatic heterocycles. The molecule has 0 aliphatic carbocycles. The van der Waals surface area contributed by atoms with Crippen molar-refractivity contribution < 1.29 is 13.3 Å². The van der Waals surface area contributed by atoms with Crippen molar-refractivity contribution in [2.24, 2.45) is 4.99 Å². The van der Waals surface area contributed by atoms with Crippen LogP contribution in [0.25, 0.3) is 11.4 Å². The number of halogens is 4. The number of hydrogen-bond acceptors (Lipinski definition) is 4. The third-order valence-electron chi connectivity index (χ3n) is 4.12. The Bertz CT molecular complexity index is 982. The molecule has 0 spiro atoms. The molecule has 0 bridgehead atoms. The molecule has 0 amide bonds. The van der Waals surface area contributed by atoms with E-state index in [-0.39, 0.29) is 24.0 Å². The Labute approximate surface area is 195 Å². The van der Waals surface area contributed by atoms with E-state index in [9.17, 15) is 8.78 Å². The van der Waals surface area contributed by atoms with Gasteiger partial charge in [-0.15, -0.1) is 24.0 Å². The summed E-state index contributed by atoms with van der Waals surface area (Å²) in [7, 11) is 1.63. The van der Waals surface area contributed by atoms with Crippen LogP contribution in [0.3, 0.4) is 0 Å². The van der Waals surface area contributed by atoms with Crippen molar-refractivity contribution in [3.05, 3.63) is 70.6 Å². The summed E-state index contributed by atoms with van der Waals surface area (Å²) in [6.07, 6.45) is 0.832. The highest BCUT2D eigenvalue weighted by atomic mass is 127. The second-order valence-corrected chi connectivity index (χ2v) is 6.62. The standard InChI is InChI=1S/C20H20ClF2N5O.HI/c1-24-20(25-10-8-14-12-16(22)6-7-17(14)23)26-11-9-18-27-19(28-29-18)13-2-4-15(21)5-3-13;/h2-7,12H,8-11H2,1H3,(H2,24,25,26);1H. The van der Waals surface area contributed by atoms with Gasteiger partial charge in [0.15, 0.2) is 5.96 Å². The Morgan fingerprint density at radius 1 is 1.07 bits per heavy atom. The van der Waals surface area contributed by atoms with Gasteiger partial charge in [-0.05, 0) is 54.4 Å². The second-order valence-electron chi connectivity index (χ2n) is 6.18. The van der Waals surface area contributed by atoms with Crippen molar-refractivity contribution in [3.8, 4) is 11.4 Å². The van der Waals surface area contributed by atoms with Crippen LogP contribution in [0.4, 0.5) is 8.78 Å². The summed E-state index contributed by atoms with van der Waals surface area (Å²) in [6, 6.07) is 10.6. The molecule has 1 heterocycles. The van der Waals surface area contributed by atoms with Gasteiger partial charge in [0.05, 0.1) is 0 Å². The number of nitrogens with zero attached hydrogens (tertiary/aromatic N) is 3. The largest absolute Gasteiger partial charge is 0.356 e. The van der Waals surface area contributed by atoms with Crippen LogP contribution in [0.5, 0.6) is 0 Å². The van der Waals surface area contributed by atoms with Gasteiger partial charge in [0, 0.05) is 37.1 Å². The van der Waals surface area contributed by atoms with Crippen molar-refractivity contribution in [2.45, 2.75) is 12.8 Å². The summed E-state index contributed by atoms with van der Waals surface area (Å²) in [5.74, 6) is 0.640. The molecule has 10 heteroatoms. The molecule has 0 fully saturated rings. The molecule has 3 aromatic rings. The third-order valence-corrected chi connectivity index (χ3v) is 4.37. The predicted octanol–water partition coefficient (Wildman–Crippen LogP) is 4.24. The van der Waals surface area contributed by atoms with E-state index < -0.39 is 11.6 Å². The van der Waals surface area contributed by atoms with Gasteiger partial charge in [-0.3, -0.25) is 4.99 Å². The van der Waals surface area contributed by atoms with E-state index in [1.165, 1.54) is 6.07 Å². The first-order valence-corrected chi connectivity index (χ1v) is 9.40. The van der Waals surface area contributed by atoms with Crippen LogP contribution in [0.1, 0.15) is 11.5 Å². The molecule has 30 heavy (non-hydrogen) atoms. The van der Waals surface area contributed by atoms with Gasteiger partial charge in [-0.25, -0.2) is 8.78 Å². The van der Waals surface area contributed by atoms with Gasteiger partial charge < -0.3 is 15.2 Å². The van der Waals surface area contributed by atoms with E-state index in [1.807, 2.05) is 12.1 Å². The first-order chi connectivity index (χ1) is 14.0. The molecule has 2 aromatic carbocycles. The smallest absolute Gasteiger partial charge is 0.228 e. The molecule has 160 valence electrons. The SMILES string of the molecule is CN=C(NCCc1nc(-c2ccc(Cl)cc2)no1)NCCc1cc(F)ccc1F.I. The predicted molar refractivity (Wildman–Crippen MR) is 123 cm³/mol. The van der Waals surface area contributed by atoms with Crippen LogP contribution in [0.15, 0.2) is 52.0 Å². The number of hydrogen-bond donors (Lipinski definition) is 2. The van der Waals surface area contributed by atoms with E-state index >= 15 is 0 Å². The molecule has 2 N–H and O–H groups in total. The minimum Gasteiger partial charge on any atom is -0.356 e. The topological polar surface area (TPSA) is 75.3 Å². The van der Waals surface area contributed by atoms with Gasteiger partial charge in [0.25, 0.3) is 0 Å². The highest BCUT2D eigenvalue weighted by Gasteiger charge is 2.09. The number of aliphatic imine (C=N–C) groups is 1. The molecular weight excluding hydrogens is 527 g/mol. The molecular formula is C20H21ClF2IN5O. The van der Waals surface area contributed by atoms with Crippen LogP contribution in [0, 0.1) is 11.6 Å². The molecule has 0 atom stereocenters. The molecule has 3 rings (SSSR count). The molecule has 6 nitrogen and oxygen atoms in total. The van der Waals surface area contributed by atoms with E-state index in [2.05, 4.69) is 25.8 Å². The van der Waals surface area contributed by atoms with E-state index in [0.717, 1.165) is 17.7 Å². The van der Waals surface area contributed by atoms with Crippen LogP contribution in [-0.2, 0) is 12.8 Å². The van der Waals surface area contributed by atoms with Crippen molar-refractivity contribution in [1.82, 2.24) is 20.8 Å². The Kier molecular flexibility index (Phi) is 9.44. The average Bonchev–Trinajstić information content (AvgIpc) is 3.18. The minimum absolute atomic E-state index is 0. The molecule has 0 saturated heterocycles. The van der Waals surface area contributed by atoms with Gasteiger partial charge in [-0.1, -0.05) is 16.8 Å². The minimum atomic E-state index is -0.457. The van der Waals surface area contributed by atoms with Gasteiger partial charge in [0.2, 0.25) is 11.7 Å². The van der Waals surface area contributed by atoms with Crippen molar-refractivity contribution in [1.29, 1.82) is 0 Å². The molecule has 0 unspecified atom stereocenters. The maximum atomic E-state index is 13.6. The fourth-order valence-corrected chi connectivity index (χ4v) is 2.76. The number of aromatic nitrogens is 2. The van der Waals surface area contributed by atoms with Crippen LogP contribution >= 0.6 is 35.6 Å². The van der Waals surface area contributed by atoms with Crippen molar-refractivity contribution in [2.75, 3.05) is 20.1 Å². The van der Waals surface area contributed by atoms with Gasteiger partial charge >= 0.3 is 0 Å². The van der Waals surface area contributed by atoms with Crippen molar-refractivity contribution in [3.63, 3.8) is 0 Å². The number of benzene rings is 2. The van der Waals surface area contributed by atoms with Gasteiger partial charge in [0.1, 0.15) is 11.6 Å². The highest BCUT2D eigenvalue weighted by Crippen LogP contribution is 2.18. The zero-order valence-corrected chi connectivity index (χ0v) is 19.2. The molecule has 1 aromatic heterocycles. The fraction of sp³-hybridized carbons (Fsp3) is 0.250. The number of guanidine groups is 1. The van der Waals surface area contributed by atoms with Crippen LogP contribution < -0.4 is 10.6 Å². The lowest BCUT2D eigenvalue weighted by molar-refractivity contribution is 0.378. The lowest BCUT2D eigenvalue weighted by atomic mass is 10.1. The normalized spacial score (nSPS) is 11.1. The second kappa shape index (κ2) is 11.8. The summed E-state index contributed by atoms with van der Waals surface area (Å²) in [6.45, 7) is 0.914. The number of rotatable bonds is 7. The van der Waals surface area contributed by atoms with E-state index in [4.69, 9.17) is 16.1 Å². The summed E-state index contributed by atoms with van der Waals surface area (Å²) >= 11 is 5.88. The average molecular weight is 548 g/mol. The number of nitrogens with one attached hydrogen (secondary N) is 2. The first-order valence-electron chi connectivity index (χ1n) is 9.02.